The highest BCUT2D eigenvalue weighted by Gasteiger charge is 2.38. The topological polar surface area (TPSA) is 72.0 Å². The molecule has 0 saturated carbocycles. The maximum atomic E-state index is 13.8. The molecule has 0 N–H and O–H groups in total. The lowest BCUT2D eigenvalue weighted by molar-refractivity contribution is -0.135. The Kier molecular flexibility index (Phi) is 6.51. The van der Waals surface area contributed by atoms with Gasteiger partial charge in [-0.1, -0.05) is 11.6 Å². The zero-order valence-corrected chi connectivity index (χ0v) is 17.0. The van der Waals surface area contributed by atoms with Gasteiger partial charge in [0.1, 0.15) is 11.6 Å². The first-order valence-electron chi connectivity index (χ1n) is 8.67. The number of hydrogen-bond acceptors (Lipinski definition) is 5. The zero-order valence-electron chi connectivity index (χ0n) is 16.2. The van der Waals surface area contributed by atoms with Gasteiger partial charge >= 0.3 is 6.09 Å². The molecule has 1 saturated heterocycles. The second kappa shape index (κ2) is 8.29. The van der Waals surface area contributed by atoms with Gasteiger partial charge in [0, 0.05) is 19.2 Å². The largest absolute Gasteiger partial charge is 0.481 e. The number of carbonyl (C=O) groups is 2. The van der Waals surface area contributed by atoms with Crippen molar-refractivity contribution in [2.24, 2.45) is 0 Å². The molecule has 1 aromatic heterocycles. The molecule has 0 unspecified atom stereocenters. The number of hydrogen-bond donors (Lipinski definition) is 0. The number of methoxy groups -OCH3 is 1. The molecule has 9 heteroatoms. The van der Waals surface area contributed by atoms with Crippen LogP contribution < -0.4 is 4.74 Å². The summed E-state index contributed by atoms with van der Waals surface area (Å²) >= 11 is 5.67. The van der Waals surface area contributed by atoms with Crippen molar-refractivity contribution in [1.82, 2.24) is 14.8 Å². The third-order valence-corrected chi connectivity index (χ3v) is 4.38. The number of nitrogens with zero attached hydrogens (tertiary/aromatic N) is 3. The second-order valence-electron chi connectivity index (χ2n) is 7.46. The van der Waals surface area contributed by atoms with Crippen molar-refractivity contribution in [2.45, 2.75) is 51.8 Å². The summed E-state index contributed by atoms with van der Waals surface area (Å²) in [6.07, 6.45) is 0.750. The molecule has 150 valence electrons. The van der Waals surface area contributed by atoms with Gasteiger partial charge in [0.25, 0.3) is 0 Å². The van der Waals surface area contributed by atoms with Gasteiger partial charge in [-0.05, 0) is 39.7 Å². The number of aromatic nitrogens is 1. The van der Waals surface area contributed by atoms with Crippen LogP contribution in [0.1, 0.15) is 39.2 Å². The van der Waals surface area contributed by atoms with E-state index in [0.717, 1.165) is 0 Å². The second-order valence-corrected chi connectivity index (χ2v) is 7.81. The lowest BCUT2D eigenvalue weighted by Gasteiger charge is -2.30. The molecule has 1 atom stereocenters. The Morgan fingerprint density at radius 2 is 2.11 bits per heavy atom. The van der Waals surface area contributed by atoms with Crippen LogP contribution in [-0.4, -0.2) is 59.1 Å². The Bertz CT molecular complexity index is 723. The van der Waals surface area contributed by atoms with Crippen LogP contribution >= 0.6 is 11.6 Å². The van der Waals surface area contributed by atoms with Gasteiger partial charge in [-0.25, -0.2) is 9.18 Å². The molecule has 1 aromatic rings. The van der Waals surface area contributed by atoms with Crippen molar-refractivity contribution in [3.05, 3.63) is 22.6 Å². The molecular weight excluding hydrogens is 377 g/mol. The van der Waals surface area contributed by atoms with Gasteiger partial charge in [-0.3, -0.25) is 9.69 Å². The smallest absolute Gasteiger partial charge is 0.410 e. The third-order valence-electron chi connectivity index (χ3n) is 4.12. The Labute approximate surface area is 163 Å². The van der Waals surface area contributed by atoms with Crippen molar-refractivity contribution in [3.63, 3.8) is 0 Å². The highest BCUT2D eigenvalue weighted by molar-refractivity contribution is 6.29. The van der Waals surface area contributed by atoms with Crippen LogP contribution in [0.2, 0.25) is 5.15 Å². The predicted octanol–water partition coefficient (Wildman–Crippen LogP) is 3.24. The van der Waals surface area contributed by atoms with E-state index >= 15 is 0 Å². The quantitative estimate of drug-likeness (QED) is 0.724. The van der Waals surface area contributed by atoms with Crippen LogP contribution in [0.4, 0.5) is 9.18 Å². The van der Waals surface area contributed by atoms with Crippen LogP contribution in [-0.2, 0) is 16.1 Å². The standard InChI is InChI=1S/C18H25ClFN3O4/c1-18(2,3)27-17(25)23-8-6-7-13(23)16(24)22(4)10-11-9-12(20)14(19)21-15(11)26-5/h9,13H,6-8,10H2,1-5H3/t13-/m0/s1. The molecule has 27 heavy (non-hydrogen) atoms. The van der Waals surface area contributed by atoms with E-state index < -0.39 is 23.6 Å². The molecule has 0 radical (unpaired) electrons. The number of rotatable bonds is 4. The SMILES string of the molecule is COc1nc(Cl)c(F)cc1CN(C)C(=O)[C@@H]1CCCN1C(=O)OC(C)(C)C. The number of ether oxygens (including phenoxy) is 2. The molecular formula is C18H25ClFN3O4. The number of likely N-dealkylation sites (N-methyl/N-ethyl adjacent to an activating group) is 1. The van der Waals surface area contributed by atoms with Crippen LogP contribution in [0, 0.1) is 5.82 Å². The average molecular weight is 402 g/mol. The molecule has 1 aliphatic heterocycles. The Hall–Kier alpha value is -2.09. The van der Waals surface area contributed by atoms with E-state index in [2.05, 4.69) is 4.98 Å². The highest BCUT2D eigenvalue weighted by Crippen LogP contribution is 2.26. The molecule has 2 heterocycles. The van der Waals surface area contributed by atoms with Crippen molar-refractivity contribution >= 4 is 23.6 Å². The summed E-state index contributed by atoms with van der Waals surface area (Å²) in [6.45, 7) is 5.86. The summed E-state index contributed by atoms with van der Waals surface area (Å²) in [7, 11) is 2.98. The lowest BCUT2D eigenvalue weighted by atomic mass is 10.1. The van der Waals surface area contributed by atoms with Gasteiger partial charge in [0.15, 0.2) is 11.0 Å². The highest BCUT2D eigenvalue weighted by atomic mass is 35.5. The van der Waals surface area contributed by atoms with Gasteiger partial charge in [-0.15, -0.1) is 0 Å². The van der Waals surface area contributed by atoms with E-state index in [1.807, 2.05) is 0 Å². The monoisotopic (exact) mass is 401 g/mol. The first-order valence-corrected chi connectivity index (χ1v) is 9.04. The normalized spacial score (nSPS) is 17.0. The van der Waals surface area contributed by atoms with Crippen molar-refractivity contribution in [1.29, 1.82) is 0 Å². The van der Waals surface area contributed by atoms with E-state index in [9.17, 15) is 14.0 Å². The van der Waals surface area contributed by atoms with E-state index in [-0.39, 0.29) is 23.5 Å². The summed E-state index contributed by atoms with van der Waals surface area (Å²) in [5.74, 6) is -0.795. The number of likely N-dealkylation sites (tertiary alicyclic amines) is 1. The van der Waals surface area contributed by atoms with Crippen LogP contribution in [0.15, 0.2) is 6.07 Å². The van der Waals surface area contributed by atoms with Crippen molar-refractivity contribution in [3.8, 4) is 5.88 Å². The van der Waals surface area contributed by atoms with Crippen LogP contribution in [0.5, 0.6) is 5.88 Å². The number of amides is 2. The molecule has 1 fully saturated rings. The molecule has 0 aliphatic carbocycles. The molecule has 0 bridgehead atoms. The van der Waals surface area contributed by atoms with E-state index in [0.29, 0.717) is 24.9 Å². The molecule has 7 nitrogen and oxygen atoms in total. The Morgan fingerprint density at radius 1 is 1.44 bits per heavy atom. The number of halogens is 2. The molecule has 0 spiro atoms. The predicted molar refractivity (Wildman–Crippen MR) is 98.2 cm³/mol. The van der Waals surface area contributed by atoms with Gasteiger partial charge in [-0.2, -0.15) is 4.98 Å². The van der Waals surface area contributed by atoms with E-state index in [4.69, 9.17) is 21.1 Å². The minimum atomic E-state index is -0.690. The van der Waals surface area contributed by atoms with Crippen LogP contribution in [0.3, 0.4) is 0 Å². The Morgan fingerprint density at radius 3 is 2.70 bits per heavy atom. The van der Waals surface area contributed by atoms with Gasteiger partial charge < -0.3 is 14.4 Å². The third kappa shape index (κ3) is 5.22. The van der Waals surface area contributed by atoms with Crippen molar-refractivity contribution in [2.75, 3.05) is 20.7 Å². The minimum absolute atomic E-state index is 0.0712. The van der Waals surface area contributed by atoms with Gasteiger partial charge in [0.2, 0.25) is 11.8 Å². The molecule has 2 rings (SSSR count). The minimum Gasteiger partial charge on any atom is -0.481 e. The molecule has 0 aromatic carbocycles. The van der Waals surface area contributed by atoms with E-state index in [1.165, 1.54) is 23.0 Å². The maximum absolute atomic E-state index is 13.8. The summed E-state index contributed by atoms with van der Waals surface area (Å²) in [5.41, 5.74) is -0.254. The van der Waals surface area contributed by atoms with Gasteiger partial charge in [0.05, 0.1) is 13.7 Å². The van der Waals surface area contributed by atoms with Crippen molar-refractivity contribution < 1.29 is 23.5 Å². The number of carbonyl (C=O) groups excluding carboxylic acids is 2. The molecule has 1 aliphatic rings. The summed E-state index contributed by atoms with van der Waals surface area (Å²) in [6, 6.07) is 0.582. The maximum Gasteiger partial charge on any atom is 0.410 e. The Balaban J connectivity index is 2.12. The summed E-state index contributed by atoms with van der Waals surface area (Å²) < 4.78 is 24.3. The van der Waals surface area contributed by atoms with E-state index in [1.54, 1.807) is 27.8 Å². The first kappa shape index (κ1) is 21.2. The lowest BCUT2D eigenvalue weighted by Crippen LogP contribution is -2.47. The average Bonchev–Trinajstić information content (AvgIpc) is 3.05. The summed E-state index contributed by atoms with van der Waals surface area (Å²) in [5, 5.41) is -0.295. The fourth-order valence-corrected chi connectivity index (χ4v) is 3.06. The molecule has 2 amide bonds. The first-order chi connectivity index (χ1) is 12.5. The van der Waals surface area contributed by atoms with Crippen LogP contribution in [0.25, 0.3) is 0 Å². The summed E-state index contributed by atoms with van der Waals surface area (Å²) in [4.78, 5) is 31.9. The fourth-order valence-electron chi connectivity index (χ4n) is 2.93. The fraction of sp³-hybridized carbons (Fsp3) is 0.611. The number of pyridine rings is 1. The zero-order chi connectivity index (χ0) is 20.4.